The first-order valence-corrected chi connectivity index (χ1v) is 12.8. The Hall–Kier alpha value is -3.75. The van der Waals surface area contributed by atoms with E-state index >= 15 is 0 Å². The molecule has 0 saturated carbocycles. The van der Waals surface area contributed by atoms with Gasteiger partial charge in [-0.2, -0.15) is 5.90 Å². The van der Waals surface area contributed by atoms with Crippen molar-refractivity contribution in [1.29, 1.82) is 0 Å². The summed E-state index contributed by atoms with van der Waals surface area (Å²) in [5.74, 6) is 2.08. The van der Waals surface area contributed by atoms with E-state index in [9.17, 15) is 34.2 Å². The molecule has 0 aromatic heterocycles. The molecule has 0 unspecified atom stereocenters. The smallest absolute Gasteiger partial charge is 0.408 e. The Labute approximate surface area is 225 Å². The van der Waals surface area contributed by atoms with E-state index in [-0.39, 0.29) is 19.7 Å². The van der Waals surface area contributed by atoms with Crippen LogP contribution >= 0.6 is 0 Å². The summed E-state index contributed by atoms with van der Waals surface area (Å²) in [6.45, 7) is 1.03. The molecule has 2 aliphatic rings. The van der Waals surface area contributed by atoms with Gasteiger partial charge < -0.3 is 40.2 Å². The average Bonchev–Trinajstić information content (AvgIpc) is 3.63. The summed E-state index contributed by atoms with van der Waals surface area (Å²) < 4.78 is 5.13. The number of alkyl carbamates (subject to hydrolysis) is 1. The minimum Gasteiger partial charge on any atom is -0.445 e. The van der Waals surface area contributed by atoms with E-state index in [2.05, 4.69) is 15.5 Å². The van der Waals surface area contributed by atoms with E-state index in [1.165, 1.54) is 16.7 Å². The lowest BCUT2D eigenvalue weighted by molar-refractivity contribution is -0.153. The maximum atomic E-state index is 13.5. The van der Waals surface area contributed by atoms with Crippen LogP contribution in [0.1, 0.15) is 38.2 Å². The predicted molar refractivity (Wildman–Crippen MR) is 134 cm³/mol. The molecule has 214 valence electrons. The third-order valence-corrected chi connectivity index (χ3v) is 6.80. The molecule has 14 nitrogen and oxygen atoms in total. The molecular formula is C25H35N5O9. The number of aliphatic hydroxyl groups excluding tert-OH is 2. The monoisotopic (exact) mass is 549 g/mol. The van der Waals surface area contributed by atoms with Gasteiger partial charge in [0.05, 0.1) is 12.7 Å². The van der Waals surface area contributed by atoms with Crippen LogP contribution in [0.5, 0.6) is 0 Å². The van der Waals surface area contributed by atoms with Crippen molar-refractivity contribution in [2.24, 2.45) is 5.90 Å². The number of hydrogen-bond acceptors (Lipinski definition) is 10. The Morgan fingerprint density at radius 3 is 2.28 bits per heavy atom. The third-order valence-electron chi connectivity index (χ3n) is 6.80. The first kappa shape index (κ1) is 29.8. The highest BCUT2D eigenvalue weighted by atomic mass is 16.7. The van der Waals surface area contributed by atoms with Crippen molar-refractivity contribution in [2.75, 3.05) is 19.7 Å². The van der Waals surface area contributed by atoms with E-state index in [0.29, 0.717) is 25.7 Å². The zero-order chi connectivity index (χ0) is 28.5. The zero-order valence-corrected chi connectivity index (χ0v) is 21.7. The summed E-state index contributed by atoms with van der Waals surface area (Å²) in [7, 11) is 0. The molecular weight excluding hydrogens is 514 g/mol. The molecule has 2 saturated heterocycles. The highest BCUT2D eigenvalue weighted by Gasteiger charge is 2.44. The van der Waals surface area contributed by atoms with Crippen molar-refractivity contribution in [2.45, 2.75) is 69.5 Å². The second kappa shape index (κ2) is 13.9. The van der Waals surface area contributed by atoms with E-state index in [1.54, 1.807) is 24.3 Å². The van der Waals surface area contributed by atoms with Gasteiger partial charge in [-0.05, 0) is 38.2 Å². The lowest BCUT2D eigenvalue weighted by Crippen LogP contribution is -2.58. The number of benzene rings is 1. The van der Waals surface area contributed by atoms with Gasteiger partial charge in [0.1, 0.15) is 24.7 Å². The minimum atomic E-state index is -1.41. The van der Waals surface area contributed by atoms with E-state index in [0.717, 1.165) is 5.56 Å². The molecule has 0 bridgehead atoms. The molecule has 4 amide bonds. The molecule has 0 spiro atoms. The molecule has 14 heteroatoms. The number of nitrogens with zero attached hydrogens (tertiary/aromatic N) is 2. The van der Waals surface area contributed by atoms with Crippen LogP contribution < -0.4 is 16.5 Å². The van der Waals surface area contributed by atoms with Crippen LogP contribution in [-0.2, 0) is 35.4 Å². The second-order valence-corrected chi connectivity index (χ2v) is 9.48. The van der Waals surface area contributed by atoms with Crippen LogP contribution in [0, 0.1) is 0 Å². The van der Waals surface area contributed by atoms with Gasteiger partial charge in [0.15, 0.2) is 6.04 Å². The summed E-state index contributed by atoms with van der Waals surface area (Å²) in [6.07, 6.45) is -0.512. The number of rotatable bonds is 10. The van der Waals surface area contributed by atoms with Gasteiger partial charge in [0, 0.05) is 13.1 Å². The number of likely N-dealkylation sites (tertiary alicyclic amines) is 2. The van der Waals surface area contributed by atoms with Gasteiger partial charge in [-0.15, -0.1) is 0 Å². The maximum absolute atomic E-state index is 13.5. The summed E-state index contributed by atoms with van der Waals surface area (Å²) in [4.78, 5) is 70.5. The average molecular weight is 550 g/mol. The molecule has 6 N–H and O–H groups in total. The van der Waals surface area contributed by atoms with Crippen molar-refractivity contribution in [3.63, 3.8) is 0 Å². The number of amides is 4. The lowest BCUT2D eigenvalue weighted by atomic mass is 10.1. The van der Waals surface area contributed by atoms with E-state index < -0.39 is 66.7 Å². The Morgan fingerprint density at radius 1 is 1.03 bits per heavy atom. The van der Waals surface area contributed by atoms with Crippen LogP contribution in [0.2, 0.25) is 0 Å². The minimum absolute atomic E-state index is 0.0266. The van der Waals surface area contributed by atoms with Gasteiger partial charge in [0.25, 0.3) is 0 Å². The first-order chi connectivity index (χ1) is 18.7. The topological polar surface area (TPSA) is 201 Å². The Bertz CT molecular complexity index is 1040. The Morgan fingerprint density at radius 2 is 1.67 bits per heavy atom. The van der Waals surface area contributed by atoms with E-state index in [4.69, 9.17) is 10.6 Å². The van der Waals surface area contributed by atoms with Crippen molar-refractivity contribution in [1.82, 2.24) is 20.4 Å². The number of aliphatic hydroxyl groups is 2. The van der Waals surface area contributed by atoms with Gasteiger partial charge in [-0.3, -0.25) is 14.4 Å². The van der Waals surface area contributed by atoms with E-state index in [1.807, 2.05) is 6.07 Å². The SMILES string of the molecule is C[C@@H](O)[C@H](NC(=O)[C@@H]1CCCN1C(=O)[C@@H]1CCCN1C(=O)[C@@H](CO)NC(=O)OCc1ccccc1)C(=O)ON. The highest BCUT2D eigenvalue weighted by Crippen LogP contribution is 2.26. The molecule has 2 aliphatic heterocycles. The second-order valence-electron chi connectivity index (χ2n) is 9.48. The van der Waals surface area contributed by atoms with Gasteiger partial charge >= 0.3 is 12.1 Å². The number of ether oxygens (including phenoxy) is 1. The largest absolute Gasteiger partial charge is 0.445 e. The fourth-order valence-corrected chi connectivity index (χ4v) is 4.77. The molecule has 39 heavy (non-hydrogen) atoms. The van der Waals surface area contributed by atoms with Crippen LogP contribution in [0.3, 0.4) is 0 Å². The Balaban J connectivity index is 1.63. The molecule has 2 heterocycles. The lowest BCUT2D eigenvalue weighted by Gasteiger charge is -2.33. The normalized spacial score (nSPS) is 21.0. The number of hydrogen-bond donors (Lipinski definition) is 5. The van der Waals surface area contributed by atoms with Crippen molar-refractivity contribution < 1.29 is 43.8 Å². The molecule has 3 rings (SSSR count). The van der Waals surface area contributed by atoms with Gasteiger partial charge in [-0.1, -0.05) is 30.3 Å². The fourth-order valence-electron chi connectivity index (χ4n) is 4.77. The quantitative estimate of drug-likeness (QED) is 0.215. The number of carbonyl (C=O) groups excluding carboxylic acids is 5. The first-order valence-electron chi connectivity index (χ1n) is 12.8. The summed E-state index contributed by atoms with van der Waals surface area (Å²) in [5.41, 5.74) is 0.744. The standard InChI is InChI=1S/C25H35N5O9/c1-15(32)20(24(36)39-26)28-21(33)18-9-5-11-29(18)23(35)19-10-6-12-30(19)22(34)17(13-31)27-25(37)38-14-16-7-3-2-4-8-16/h2-4,7-8,15,17-20,31-32H,5-6,9-14,26H2,1H3,(H,27,37)(H,28,33)/t15-,17-,18+,19+,20+/m1/s1. The maximum Gasteiger partial charge on any atom is 0.408 e. The molecule has 5 atom stereocenters. The molecule has 1 aromatic carbocycles. The fraction of sp³-hybridized carbons (Fsp3) is 0.560. The van der Waals surface area contributed by atoms with Crippen LogP contribution in [-0.4, -0.2) is 99.8 Å². The summed E-state index contributed by atoms with van der Waals surface area (Å²) >= 11 is 0. The molecule has 2 fully saturated rings. The molecule has 0 aliphatic carbocycles. The third kappa shape index (κ3) is 7.43. The summed E-state index contributed by atoms with van der Waals surface area (Å²) in [6, 6.07) is 4.36. The van der Waals surface area contributed by atoms with Crippen LogP contribution in [0.25, 0.3) is 0 Å². The van der Waals surface area contributed by atoms with Gasteiger partial charge in [-0.25, -0.2) is 9.59 Å². The van der Waals surface area contributed by atoms with Crippen molar-refractivity contribution >= 4 is 29.8 Å². The Kier molecular flexibility index (Phi) is 10.6. The van der Waals surface area contributed by atoms with Crippen LogP contribution in [0.15, 0.2) is 30.3 Å². The van der Waals surface area contributed by atoms with Gasteiger partial charge in [0.2, 0.25) is 17.7 Å². The number of nitrogens with two attached hydrogens (primary N) is 1. The highest BCUT2D eigenvalue weighted by molar-refractivity contribution is 5.95. The van der Waals surface area contributed by atoms with Crippen molar-refractivity contribution in [3.8, 4) is 0 Å². The number of carbonyl (C=O) groups is 5. The van der Waals surface area contributed by atoms with Crippen molar-refractivity contribution in [3.05, 3.63) is 35.9 Å². The number of nitrogens with one attached hydrogen (secondary N) is 2. The predicted octanol–water partition coefficient (Wildman–Crippen LogP) is -1.46. The molecule has 1 aromatic rings. The summed E-state index contributed by atoms with van der Waals surface area (Å²) in [5, 5.41) is 24.4. The van der Waals surface area contributed by atoms with Crippen LogP contribution in [0.4, 0.5) is 4.79 Å². The zero-order valence-electron chi connectivity index (χ0n) is 21.7. The molecule has 0 radical (unpaired) electrons.